The van der Waals surface area contributed by atoms with Gasteiger partial charge in [0.15, 0.2) is 11.4 Å². The number of carboxylic acids is 1. The van der Waals surface area contributed by atoms with Crippen molar-refractivity contribution in [2.75, 3.05) is 13.2 Å². The van der Waals surface area contributed by atoms with E-state index in [-0.39, 0.29) is 17.8 Å². The Hall–Kier alpha value is -2.94. The molecule has 9 nitrogen and oxygen atoms in total. The second-order valence-electron chi connectivity index (χ2n) is 5.73. The normalized spacial score (nSPS) is 11.3. The maximum absolute atomic E-state index is 12.9. The van der Waals surface area contributed by atoms with Crippen molar-refractivity contribution in [2.24, 2.45) is 0 Å². The smallest absolute Gasteiger partial charge is 0.337 e. The van der Waals surface area contributed by atoms with E-state index < -0.39 is 5.97 Å². The molecular formula is C17H20N4O5. The molecule has 0 spiro atoms. The Morgan fingerprint density at radius 1 is 1.31 bits per heavy atom. The third kappa shape index (κ3) is 3.38. The van der Waals surface area contributed by atoms with Gasteiger partial charge in [-0.2, -0.15) is 0 Å². The minimum absolute atomic E-state index is 0.0139. The highest BCUT2D eigenvalue weighted by molar-refractivity contribution is 5.91. The molecule has 1 N–H and O–H groups in total. The summed E-state index contributed by atoms with van der Waals surface area (Å²) in [7, 11) is 0. The Labute approximate surface area is 148 Å². The number of nitrogens with zero attached hydrogens (tertiary/aromatic N) is 4. The van der Waals surface area contributed by atoms with Gasteiger partial charge in [0.25, 0.3) is 0 Å². The van der Waals surface area contributed by atoms with E-state index in [1.807, 2.05) is 13.8 Å². The van der Waals surface area contributed by atoms with Crippen LogP contribution in [0.15, 0.2) is 27.6 Å². The fourth-order valence-electron chi connectivity index (χ4n) is 2.72. The summed E-state index contributed by atoms with van der Waals surface area (Å²) in [5, 5.41) is 13.2. The van der Waals surface area contributed by atoms with Gasteiger partial charge < -0.3 is 14.4 Å². The van der Waals surface area contributed by atoms with E-state index in [0.717, 1.165) is 12.1 Å². The highest BCUT2D eigenvalue weighted by Gasteiger charge is 2.18. The van der Waals surface area contributed by atoms with Crippen LogP contribution in [0.2, 0.25) is 0 Å². The van der Waals surface area contributed by atoms with E-state index in [2.05, 4.69) is 10.1 Å². The molecule has 3 aromatic rings. The van der Waals surface area contributed by atoms with Crippen LogP contribution in [0, 0.1) is 0 Å². The number of carbonyl (C=O) groups is 1. The summed E-state index contributed by atoms with van der Waals surface area (Å²) < 4.78 is 13.5. The maximum Gasteiger partial charge on any atom is 0.337 e. The molecule has 26 heavy (non-hydrogen) atoms. The van der Waals surface area contributed by atoms with E-state index >= 15 is 0 Å². The van der Waals surface area contributed by atoms with Gasteiger partial charge in [-0.15, -0.1) is 0 Å². The van der Waals surface area contributed by atoms with Gasteiger partial charge >= 0.3 is 11.7 Å². The van der Waals surface area contributed by atoms with E-state index in [1.54, 1.807) is 6.07 Å². The summed E-state index contributed by atoms with van der Waals surface area (Å²) in [6, 6.07) is 3.23. The van der Waals surface area contributed by atoms with Gasteiger partial charge in [-0.05, 0) is 19.4 Å². The molecule has 0 saturated heterocycles. The molecule has 3 rings (SSSR count). The number of aromatic carboxylic acids is 1. The number of hydrogen-bond acceptors (Lipinski definition) is 6. The summed E-state index contributed by atoms with van der Waals surface area (Å²) >= 11 is 0. The molecule has 0 amide bonds. The minimum atomic E-state index is -1.10. The van der Waals surface area contributed by atoms with Crippen molar-refractivity contribution in [3.05, 3.63) is 45.8 Å². The second-order valence-corrected chi connectivity index (χ2v) is 5.73. The number of rotatable bonds is 8. The minimum Gasteiger partial charge on any atom is -0.478 e. The lowest BCUT2D eigenvalue weighted by molar-refractivity contribution is 0.0696. The molecule has 0 radical (unpaired) electrons. The van der Waals surface area contributed by atoms with E-state index in [9.17, 15) is 14.7 Å². The molecule has 0 fully saturated rings. The first-order valence-corrected chi connectivity index (χ1v) is 8.39. The van der Waals surface area contributed by atoms with Crippen LogP contribution >= 0.6 is 0 Å². The summed E-state index contributed by atoms with van der Waals surface area (Å²) in [5.41, 5.74) is 1.34. The predicted octanol–water partition coefficient (Wildman–Crippen LogP) is 1.53. The largest absolute Gasteiger partial charge is 0.478 e. The highest BCUT2D eigenvalue weighted by Crippen LogP contribution is 2.15. The van der Waals surface area contributed by atoms with Crippen LogP contribution < -0.4 is 5.69 Å². The standard InChI is InChI=1S/C17H20N4O5/c1-3-12-8-13(26-19-12)10-21-14-7-11(16(22)23)9-18-15(14)20(17(21)24)5-6-25-4-2/h7-9H,3-6,10H2,1-2H3,(H,22,23). The van der Waals surface area contributed by atoms with Gasteiger partial charge in [-0.1, -0.05) is 12.1 Å². The molecule has 3 aromatic heterocycles. The molecule has 9 heteroatoms. The van der Waals surface area contributed by atoms with Crippen molar-refractivity contribution in [1.82, 2.24) is 19.3 Å². The topological polar surface area (TPSA) is 112 Å². The van der Waals surface area contributed by atoms with E-state index in [1.165, 1.54) is 21.4 Å². The highest BCUT2D eigenvalue weighted by atomic mass is 16.5. The van der Waals surface area contributed by atoms with Crippen LogP contribution in [0.1, 0.15) is 35.7 Å². The number of hydrogen-bond donors (Lipinski definition) is 1. The quantitative estimate of drug-likeness (QED) is 0.606. The van der Waals surface area contributed by atoms with E-state index in [0.29, 0.717) is 36.7 Å². The molecule has 0 atom stereocenters. The Kier molecular flexibility index (Phi) is 5.17. The van der Waals surface area contributed by atoms with Crippen molar-refractivity contribution in [1.29, 1.82) is 0 Å². The molecule has 0 aliphatic heterocycles. The fourth-order valence-corrected chi connectivity index (χ4v) is 2.72. The van der Waals surface area contributed by atoms with Crippen LogP contribution in [-0.4, -0.2) is 43.6 Å². The van der Waals surface area contributed by atoms with Gasteiger partial charge in [-0.3, -0.25) is 9.13 Å². The zero-order chi connectivity index (χ0) is 18.7. The van der Waals surface area contributed by atoms with Crippen molar-refractivity contribution >= 4 is 17.1 Å². The number of ether oxygens (including phenoxy) is 1. The maximum atomic E-state index is 12.9. The Morgan fingerprint density at radius 2 is 2.12 bits per heavy atom. The SMILES string of the molecule is CCOCCn1c(=O)n(Cc2cc(CC)no2)c2cc(C(=O)O)cnc21. The lowest BCUT2D eigenvalue weighted by Gasteiger charge is -2.02. The average molecular weight is 360 g/mol. The number of carboxylic acid groups (broad SMARTS) is 1. The summed E-state index contributed by atoms with van der Waals surface area (Å²) in [4.78, 5) is 28.3. The third-order valence-corrected chi connectivity index (χ3v) is 4.05. The molecule has 0 unspecified atom stereocenters. The zero-order valence-electron chi connectivity index (χ0n) is 14.6. The van der Waals surface area contributed by atoms with Gasteiger partial charge in [0.2, 0.25) is 0 Å². The van der Waals surface area contributed by atoms with Crippen LogP contribution in [0.4, 0.5) is 0 Å². The van der Waals surface area contributed by atoms with Crippen molar-refractivity contribution < 1.29 is 19.2 Å². The fraction of sp³-hybridized carbons (Fsp3) is 0.412. The van der Waals surface area contributed by atoms with Gasteiger partial charge in [-0.25, -0.2) is 14.6 Å². The summed E-state index contributed by atoms with van der Waals surface area (Å²) in [6.07, 6.45) is 1.97. The molecular weight excluding hydrogens is 340 g/mol. The number of imidazole rings is 1. The lowest BCUT2D eigenvalue weighted by atomic mass is 10.2. The first-order valence-electron chi connectivity index (χ1n) is 8.39. The monoisotopic (exact) mass is 360 g/mol. The Morgan fingerprint density at radius 3 is 2.77 bits per heavy atom. The molecule has 0 bridgehead atoms. The second kappa shape index (κ2) is 7.52. The molecule has 0 aliphatic carbocycles. The zero-order valence-corrected chi connectivity index (χ0v) is 14.6. The average Bonchev–Trinajstić information content (AvgIpc) is 3.19. The number of pyridine rings is 1. The number of fused-ring (bicyclic) bond motifs is 1. The molecule has 0 aliphatic rings. The lowest BCUT2D eigenvalue weighted by Crippen LogP contribution is -2.26. The van der Waals surface area contributed by atoms with Crippen molar-refractivity contribution in [3.8, 4) is 0 Å². The number of aryl methyl sites for hydroxylation is 1. The summed E-state index contributed by atoms with van der Waals surface area (Å²) in [5.74, 6) is -0.582. The van der Waals surface area contributed by atoms with Crippen LogP contribution in [0.5, 0.6) is 0 Å². The first kappa shape index (κ1) is 17.9. The van der Waals surface area contributed by atoms with Crippen LogP contribution in [0.3, 0.4) is 0 Å². The summed E-state index contributed by atoms with van der Waals surface area (Å²) in [6.45, 7) is 5.21. The Bertz CT molecular complexity index is 985. The molecule has 138 valence electrons. The predicted molar refractivity (Wildman–Crippen MR) is 92.4 cm³/mol. The van der Waals surface area contributed by atoms with Crippen molar-refractivity contribution in [3.63, 3.8) is 0 Å². The van der Waals surface area contributed by atoms with Crippen LogP contribution in [-0.2, 0) is 24.2 Å². The van der Waals surface area contributed by atoms with Gasteiger partial charge in [0.1, 0.15) is 0 Å². The Balaban J connectivity index is 2.08. The van der Waals surface area contributed by atoms with Gasteiger partial charge in [0, 0.05) is 18.9 Å². The molecule has 0 aromatic carbocycles. The first-order chi connectivity index (χ1) is 12.5. The van der Waals surface area contributed by atoms with Crippen molar-refractivity contribution in [2.45, 2.75) is 33.4 Å². The molecule has 0 saturated carbocycles. The third-order valence-electron chi connectivity index (χ3n) is 4.05. The van der Waals surface area contributed by atoms with Gasteiger partial charge in [0.05, 0.1) is 36.5 Å². The number of aromatic nitrogens is 4. The molecule has 3 heterocycles. The van der Waals surface area contributed by atoms with Crippen LogP contribution in [0.25, 0.3) is 11.2 Å². The van der Waals surface area contributed by atoms with E-state index in [4.69, 9.17) is 9.26 Å².